The van der Waals surface area contributed by atoms with Crippen LogP contribution in [-0.2, 0) is 16.1 Å². The first kappa shape index (κ1) is 43.4. The number of nitrogens with two attached hydrogens (primary N) is 1. The number of anilines is 3. The number of pyridine rings is 1. The van der Waals surface area contributed by atoms with E-state index in [2.05, 4.69) is 31.2 Å². The molecule has 0 aliphatic carbocycles. The molecule has 17 nitrogen and oxygen atoms in total. The first-order chi connectivity index (χ1) is 31.1. The minimum absolute atomic E-state index is 0.0749. The molecule has 1 atom stereocenters. The van der Waals surface area contributed by atoms with Crippen molar-refractivity contribution >= 4 is 46.9 Å². The molecule has 2 saturated heterocycles. The lowest BCUT2D eigenvalue weighted by atomic mass is 9.86. The van der Waals surface area contributed by atoms with Crippen LogP contribution in [-0.4, -0.2) is 107 Å². The predicted molar refractivity (Wildman–Crippen MR) is 242 cm³/mol. The third kappa shape index (κ3) is 10.3. The van der Waals surface area contributed by atoms with Gasteiger partial charge in [-0.25, -0.2) is 9.48 Å². The molecule has 8 rings (SSSR count). The standard InChI is InChI=1S/C47H53N11O6/c1-55(30-35-12-11-34(29-52-35)49-23-24-51-46(62)33-7-13-36(14-8-33)57-28-20-40(59)53-47(57)63)25-21-41(60)56-26-18-31(19-27-56)39-17-22-50-45-42(44(48)61)43(54-58(39)45)32-9-15-38(16-10-32)64-37-5-3-2-4-6-37/h2-16,29,31,39,49-50H,17-28,30H2,1H3,(H2,48,61)(H,51,62)(H,53,59,63)/t39-/m0/s1. The Morgan fingerprint density at radius 3 is 2.34 bits per heavy atom. The number of benzene rings is 3. The summed E-state index contributed by atoms with van der Waals surface area (Å²) in [6, 6.07) is 27.2. The Morgan fingerprint density at radius 1 is 0.891 bits per heavy atom. The SMILES string of the molecule is CN(CCC(=O)N1CCC([C@@H]2CCNc3c(C(N)=O)c(-c4ccc(Oc5ccccc5)cc4)nn32)CC1)Cc1ccc(NCCNC(=O)c2ccc(N3CCC(=O)NC3=O)cc2)cn1. The highest BCUT2D eigenvalue weighted by Crippen LogP contribution is 2.40. The van der Waals surface area contributed by atoms with E-state index in [4.69, 9.17) is 15.6 Å². The number of nitrogens with one attached hydrogen (secondary N) is 4. The highest BCUT2D eigenvalue weighted by Gasteiger charge is 2.36. The Morgan fingerprint density at radius 2 is 1.64 bits per heavy atom. The van der Waals surface area contributed by atoms with Crippen molar-refractivity contribution in [3.05, 3.63) is 114 Å². The van der Waals surface area contributed by atoms with Crippen LogP contribution >= 0.6 is 0 Å². The van der Waals surface area contributed by atoms with Gasteiger partial charge in [0, 0.05) is 82.0 Å². The minimum Gasteiger partial charge on any atom is -0.457 e. The fourth-order valence-electron chi connectivity index (χ4n) is 8.53. The summed E-state index contributed by atoms with van der Waals surface area (Å²) in [5, 5.41) is 16.8. The Hall–Kier alpha value is -7.27. The van der Waals surface area contributed by atoms with E-state index in [-0.39, 0.29) is 30.2 Å². The number of nitrogens with zero attached hydrogens (tertiary/aromatic N) is 6. The van der Waals surface area contributed by atoms with Gasteiger partial charge in [0.25, 0.3) is 11.8 Å². The lowest BCUT2D eigenvalue weighted by Gasteiger charge is -2.38. The van der Waals surface area contributed by atoms with Crippen LogP contribution in [0.3, 0.4) is 0 Å². The summed E-state index contributed by atoms with van der Waals surface area (Å²) in [7, 11) is 1.98. The second-order valence-electron chi connectivity index (χ2n) is 16.3. The summed E-state index contributed by atoms with van der Waals surface area (Å²) < 4.78 is 7.92. The Labute approximate surface area is 371 Å². The maximum Gasteiger partial charge on any atom is 0.328 e. The molecular weight excluding hydrogens is 815 g/mol. The van der Waals surface area contributed by atoms with Gasteiger partial charge >= 0.3 is 6.03 Å². The quantitative estimate of drug-likeness (QED) is 0.0810. The Kier molecular flexibility index (Phi) is 13.4. The molecule has 5 aromatic rings. The van der Waals surface area contributed by atoms with Crippen molar-refractivity contribution in [1.29, 1.82) is 0 Å². The first-order valence-corrected chi connectivity index (χ1v) is 21.7. The number of fused-ring (bicyclic) bond motifs is 1. The van der Waals surface area contributed by atoms with Crippen molar-refractivity contribution in [2.45, 2.75) is 44.7 Å². The van der Waals surface area contributed by atoms with Crippen molar-refractivity contribution in [3.8, 4) is 22.8 Å². The van der Waals surface area contributed by atoms with Crippen LogP contribution in [0.4, 0.5) is 22.0 Å². The molecule has 2 aromatic heterocycles. The van der Waals surface area contributed by atoms with E-state index in [0.29, 0.717) is 98.8 Å². The monoisotopic (exact) mass is 867 g/mol. The third-order valence-electron chi connectivity index (χ3n) is 11.9. The van der Waals surface area contributed by atoms with Crippen LogP contribution in [0.1, 0.15) is 64.6 Å². The molecule has 3 aliphatic heterocycles. The number of carbonyl (C=O) groups excluding carboxylic acids is 5. The van der Waals surface area contributed by atoms with E-state index >= 15 is 0 Å². The zero-order valence-corrected chi connectivity index (χ0v) is 35.8. The number of rotatable bonds is 16. The van der Waals surface area contributed by atoms with Gasteiger partial charge in [0.2, 0.25) is 11.8 Å². The number of imide groups is 1. The van der Waals surface area contributed by atoms with Crippen molar-refractivity contribution in [2.75, 3.05) is 68.4 Å². The number of amides is 6. The second kappa shape index (κ2) is 19.8. The summed E-state index contributed by atoms with van der Waals surface area (Å²) in [6.45, 7) is 4.41. The average Bonchev–Trinajstić information content (AvgIpc) is 3.71. The maximum absolute atomic E-state index is 13.4. The molecule has 332 valence electrons. The lowest BCUT2D eigenvalue weighted by molar-refractivity contribution is -0.133. The van der Waals surface area contributed by atoms with E-state index in [0.717, 1.165) is 42.0 Å². The molecule has 2 fully saturated rings. The molecule has 5 heterocycles. The minimum atomic E-state index is -0.533. The summed E-state index contributed by atoms with van der Waals surface area (Å²) >= 11 is 0. The highest BCUT2D eigenvalue weighted by molar-refractivity contribution is 6.06. The van der Waals surface area contributed by atoms with Crippen LogP contribution in [0.5, 0.6) is 11.5 Å². The number of ether oxygens (including phenoxy) is 1. The third-order valence-corrected chi connectivity index (χ3v) is 11.9. The topological polar surface area (TPSA) is 209 Å². The van der Waals surface area contributed by atoms with Crippen LogP contribution in [0.15, 0.2) is 97.2 Å². The lowest BCUT2D eigenvalue weighted by Crippen LogP contribution is -2.49. The van der Waals surface area contributed by atoms with Crippen molar-refractivity contribution < 1.29 is 28.7 Å². The van der Waals surface area contributed by atoms with Gasteiger partial charge in [-0.2, -0.15) is 5.10 Å². The molecule has 0 spiro atoms. The number of para-hydroxylation sites is 1. The zero-order valence-electron chi connectivity index (χ0n) is 35.8. The van der Waals surface area contributed by atoms with E-state index < -0.39 is 11.9 Å². The largest absolute Gasteiger partial charge is 0.457 e. The molecule has 0 radical (unpaired) electrons. The van der Waals surface area contributed by atoms with Crippen molar-refractivity contribution in [3.63, 3.8) is 0 Å². The van der Waals surface area contributed by atoms with Crippen LogP contribution in [0.2, 0.25) is 0 Å². The first-order valence-electron chi connectivity index (χ1n) is 21.7. The van der Waals surface area contributed by atoms with E-state index in [9.17, 15) is 24.0 Å². The molecule has 6 amide bonds. The average molecular weight is 868 g/mol. The summed E-state index contributed by atoms with van der Waals surface area (Å²) in [6.07, 6.45) is 4.94. The highest BCUT2D eigenvalue weighted by atomic mass is 16.5. The van der Waals surface area contributed by atoms with Gasteiger partial charge < -0.3 is 36.2 Å². The summed E-state index contributed by atoms with van der Waals surface area (Å²) in [5.74, 6) is 1.43. The van der Waals surface area contributed by atoms with Gasteiger partial charge in [-0.1, -0.05) is 18.2 Å². The van der Waals surface area contributed by atoms with Gasteiger partial charge in [0.15, 0.2) is 0 Å². The van der Waals surface area contributed by atoms with Crippen LogP contribution < -0.4 is 36.6 Å². The molecular formula is C47H53N11O6. The fourth-order valence-corrected chi connectivity index (χ4v) is 8.53. The number of hydrogen-bond acceptors (Lipinski definition) is 11. The molecule has 0 bridgehead atoms. The van der Waals surface area contributed by atoms with Crippen LogP contribution in [0, 0.1) is 5.92 Å². The van der Waals surface area contributed by atoms with E-state index in [1.165, 1.54) is 4.90 Å². The number of primary amides is 1. The van der Waals surface area contributed by atoms with E-state index in [1.807, 2.05) is 83.4 Å². The number of hydrogen-bond donors (Lipinski definition) is 5. The number of urea groups is 1. The Bertz CT molecular complexity index is 2450. The number of piperidine rings is 1. The van der Waals surface area contributed by atoms with E-state index in [1.54, 1.807) is 30.5 Å². The maximum atomic E-state index is 13.4. The molecule has 3 aromatic carbocycles. The molecule has 0 saturated carbocycles. The number of aromatic nitrogens is 3. The van der Waals surface area contributed by atoms with Crippen LogP contribution in [0.25, 0.3) is 11.3 Å². The van der Waals surface area contributed by atoms with Crippen molar-refractivity contribution in [1.82, 2.24) is 35.2 Å². The van der Waals surface area contributed by atoms with Gasteiger partial charge in [0.05, 0.1) is 23.6 Å². The normalized spacial score (nSPS) is 16.4. The molecule has 0 unspecified atom stereocenters. The zero-order chi connectivity index (χ0) is 44.6. The second-order valence-corrected chi connectivity index (χ2v) is 16.3. The molecule has 64 heavy (non-hydrogen) atoms. The summed E-state index contributed by atoms with van der Waals surface area (Å²) in [5.41, 5.74) is 10.4. The van der Waals surface area contributed by atoms with Gasteiger partial charge in [-0.3, -0.25) is 34.4 Å². The van der Waals surface area contributed by atoms with Gasteiger partial charge in [-0.15, -0.1) is 0 Å². The van der Waals surface area contributed by atoms with Gasteiger partial charge in [0.1, 0.15) is 28.6 Å². The molecule has 6 N–H and O–H groups in total. The van der Waals surface area contributed by atoms with Crippen molar-refractivity contribution in [2.24, 2.45) is 11.7 Å². The predicted octanol–water partition coefficient (Wildman–Crippen LogP) is 5.24. The smallest absolute Gasteiger partial charge is 0.328 e. The molecule has 17 heteroatoms. The van der Waals surface area contributed by atoms with Gasteiger partial charge in [-0.05, 0) is 105 Å². The fraction of sp³-hybridized carbons (Fsp3) is 0.340. The Balaban J connectivity index is 0.755. The molecule has 3 aliphatic rings. The summed E-state index contributed by atoms with van der Waals surface area (Å²) in [4.78, 5) is 72.5. The number of carbonyl (C=O) groups is 5. The number of likely N-dealkylation sites (tertiary alicyclic amines) is 1.